The Morgan fingerprint density at radius 1 is 1.37 bits per heavy atom. The predicted molar refractivity (Wildman–Crippen MR) is 77.1 cm³/mol. The zero-order valence-electron chi connectivity index (χ0n) is 10.6. The number of phenols is 1. The second-order valence-corrected chi connectivity index (χ2v) is 4.68. The van der Waals surface area contributed by atoms with Crippen LogP contribution in [0.5, 0.6) is 5.75 Å². The molecule has 1 heterocycles. The number of hydrogen-bond acceptors (Lipinski definition) is 5. The molecule has 0 aliphatic rings. The van der Waals surface area contributed by atoms with Gasteiger partial charge in [-0.1, -0.05) is 12.1 Å². The summed E-state index contributed by atoms with van der Waals surface area (Å²) in [7, 11) is 3.40. The van der Waals surface area contributed by atoms with Crippen LogP contribution < -0.4 is 5.32 Å². The average Bonchev–Trinajstić information content (AvgIpc) is 2.41. The monoisotopic (exact) mass is 323 g/mol. The highest BCUT2D eigenvalue weighted by atomic mass is 79.9. The molecule has 0 aliphatic carbocycles. The Kier molecular flexibility index (Phi) is 4.34. The van der Waals surface area contributed by atoms with Crippen molar-refractivity contribution in [3.05, 3.63) is 34.4 Å². The molecule has 100 valence electrons. The molecule has 2 rings (SSSR count). The van der Waals surface area contributed by atoms with Crippen molar-refractivity contribution in [1.82, 2.24) is 9.97 Å². The number of benzene rings is 1. The van der Waals surface area contributed by atoms with Crippen molar-refractivity contribution in [1.29, 1.82) is 0 Å². The molecular formula is C13H14BrN3O2. The number of anilines is 1. The van der Waals surface area contributed by atoms with E-state index in [4.69, 9.17) is 4.74 Å². The molecule has 6 heteroatoms. The Morgan fingerprint density at radius 3 is 2.79 bits per heavy atom. The van der Waals surface area contributed by atoms with Gasteiger partial charge in [0.25, 0.3) is 0 Å². The maximum Gasteiger partial charge on any atom is 0.162 e. The molecule has 1 aromatic carbocycles. The van der Waals surface area contributed by atoms with Crippen LogP contribution in [0.25, 0.3) is 11.4 Å². The van der Waals surface area contributed by atoms with E-state index in [2.05, 4.69) is 31.2 Å². The fourth-order valence-corrected chi connectivity index (χ4v) is 2.16. The maximum absolute atomic E-state index is 9.52. The normalized spacial score (nSPS) is 10.5. The number of ether oxygens (including phenoxy) is 1. The SMILES string of the molecule is CNc1nc(-c2cccc(O)c2)nc(COC)c1Br. The van der Waals surface area contributed by atoms with E-state index in [1.54, 1.807) is 32.4 Å². The van der Waals surface area contributed by atoms with Gasteiger partial charge in [-0.2, -0.15) is 0 Å². The van der Waals surface area contributed by atoms with Crippen molar-refractivity contribution >= 4 is 21.7 Å². The summed E-state index contributed by atoms with van der Waals surface area (Å²) in [6, 6.07) is 6.83. The number of methoxy groups -OCH3 is 1. The van der Waals surface area contributed by atoms with E-state index in [0.717, 1.165) is 15.7 Å². The minimum Gasteiger partial charge on any atom is -0.508 e. The third-order valence-electron chi connectivity index (χ3n) is 2.54. The van der Waals surface area contributed by atoms with Crippen LogP contribution in [0, 0.1) is 0 Å². The Labute approximate surface area is 119 Å². The van der Waals surface area contributed by atoms with Crippen molar-refractivity contribution in [2.75, 3.05) is 19.5 Å². The molecule has 19 heavy (non-hydrogen) atoms. The molecule has 5 nitrogen and oxygen atoms in total. The Bertz CT molecular complexity index is 590. The largest absolute Gasteiger partial charge is 0.508 e. The minimum atomic E-state index is 0.184. The topological polar surface area (TPSA) is 67.3 Å². The third kappa shape index (κ3) is 3.02. The van der Waals surface area contributed by atoms with Gasteiger partial charge in [0.1, 0.15) is 11.6 Å². The maximum atomic E-state index is 9.52. The number of aromatic nitrogens is 2. The average molecular weight is 324 g/mol. The second-order valence-electron chi connectivity index (χ2n) is 3.89. The summed E-state index contributed by atoms with van der Waals surface area (Å²) < 4.78 is 5.90. The lowest BCUT2D eigenvalue weighted by molar-refractivity contribution is 0.181. The first-order chi connectivity index (χ1) is 9.15. The summed E-state index contributed by atoms with van der Waals surface area (Å²) in [6.07, 6.45) is 0. The van der Waals surface area contributed by atoms with Crippen LogP contribution in [0.3, 0.4) is 0 Å². The van der Waals surface area contributed by atoms with Gasteiger partial charge >= 0.3 is 0 Å². The first-order valence-electron chi connectivity index (χ1n) is 5.68. The first-order valence-corrected chi connectivity index (χ1v) is 6.47. The summed E-state index contributed by atoms with van der Waals surface area (Å²) in [5, 5.41) is 12.5. The number of hydrogen-bond donors (Lipinski definition) is 2. The van der Waals surface area contributed by atoms with Crippen molar-refractivity contribution in [3.8, 4) is 17.1 Å². The van der Waals surface area contributed by atoms with Crippen molar-refractivity contribution in [3.63, 3.8) is 0 Å². The van der Waals surface area contributed by atoms with E-state index in [0.29, 0.717) is 18.2 Å². The van der Waals surface area contributed by atoms with Crippen LogP contribution in [-0.4, -0.2) is 29.2 Å². The van der Waals surface area contributed by atoms with Gasteiger partial charge < -0.3 is 15.2 Å². The molecule has 0 amide bonds. The van der Waals surface area contributed by atoms with Crippen molar-refractivity contribution in [2.24, 2.45) is 0 Å². The number of nitrogens with one attached hydrogen (secondary N) is 1. The van der Waals surface area contributed by atoms with Crippen LogP contribution in [0.4, 0.5) is 5.82 Å². The zero-order chi connectivity index (χ0) is 13.8. The lowest BCUT2D eigenvalue weighted by Crippen LogP contribution is -2.04. The first kappa shape index (κ1) is 13.8. The molecule has 0 aliphatic heterocycles. The minimum absolute atomic E-state index is 0.184. The molecular weight excluding hydrogens is 310 g/mol. The zero-order valence-corrected chi connectivity index (χ0v) is 12.2. The molecule has 0 saturated heterocycles. The molecule has 0 saturated carbocycles. The lowest BCUT2D eigenvalue weighted by atomic mass is 10.2. The Morgan fingerprint density at radius 2 is 2.16 bits per heavy atom. The highest BCUT2D eigenvalue weighted by Gasteiger charge is 2.12. The summed E-state index contributed by atoms with van der Waals surface area (Å²) in [5.41, 5.74) is 1.50. The summed E-state index contributed by atoms with van der Waals surface area (Å²) >= 11 is 3.45. The van der Waals surface area contributed by atoms with E-state index in [1.807, 2.05) is 6.07 Å². The molecule has 0 unspecified atom stereocenters. The molecule has 1 aromatic heterocycles. The number of nitrogens with zero attached hydrogens (tertiary/aromatic N) is 2. The van der Waals surface area contributed by atoms with E-state index >= 15 is 0 Å². The van der Waals surface area contributed by atoms with Gasteiger partial charge in [-0.05, 0) is 28.1 Å². The fourth-order valence-electron chi connectivity index (χ4n) is 1.67. The van der Waals surface area contributed by atoms with Gasteiger partial charge in [0, 0.05) is 19.7 Å². The number of halogens is 1. The van der Waals surface area contributed by atoms with Crippen molar-refractivity contribution in [2.45, 2.75) is 6.61 Å². The highest BCUT2D eigenvalue weighted by molar-refractivity contribution is 9.10. The standard InChI is InChI=1S/C13H14BrN3O2/c1-15-13-11(14)10(7-19-2)16-12(17-13)8-4-3-5-9(18)6-8/h3-6,18H,7H2,1-2H3,(H,15,16,17). The van der Waals surface area contributed by atoms with Gasteiger partial charge in [0.15, 0.2) is 5.82 Å². The number of aromatic hydroxyl groups is 1. The quantitative estimate of drug-likeness (QED) is 0.905. The molecule has 0 radical (unpaired) electrons. The van der Waals surface area contributed by atoms with Crippen LogP contribution >= 0.6 is 15.9 Å². The predicted octanol–water partition coefficient (Wildman–Crippen LogP) is 2.80. The number of rotatable bonds is 4. The Hall–Kier alpha value is -1.66. The smallest absolute Gasteiger partial charge is 0.162 e. The van der Waals surface area contributed by atoms with Gasteiger partial charge in [-0.15, -0.1) is 0 Å². The highest BCUT2D eigenvalue weighted by Crippen LogP contribution is 2.28. The fraction of sp³-hybridized carbons (Fsp3) is 0.231. The Balaban J connectivity index is 2.54. The summed E-state index contributed by atoms with van der Waals surface area (Å²) in [5.74, 6) is 1.40. The van der Waals surface area contributed by atoms with Crippen LogP contribution in [0.15, 0.2) is 28.7 Å². The molecule has 0 atom stereocenters. The van der Waals surface area contributed by atoms with Crippen LogP contribution in [0.2, 0.25) is 0 Å². The number of phenolic OH excluding ortho intramolecular Hbond substituents is 1. The van der Waals surface area contributed by atoms with Gasteiger partial charge in [-0.3, -0.25) is 0 Å². The molecule has 0 fully saturated rings. The molecule has 0 bridgehead atoms. The third-order valence-corrected chi connectivity index (χ3v) is 3.38. The molecule has 2 N–H and O–H groups in total. The lowest BCUT2D eigenvalue weighted by Gasteiger charge is -2.10. The van der Waals surface area contributed by atoms with E-state index in [-0.39, 0.29) is 5.75 Å². The van der Waals surface area contributed by atoms with Gasteiger partial charge in [0.05, 0.1) is 16.8 Å². The molecule has 0 spiro atoms. The van der Waals surface area contributed by atoms with E-state index in [1.165, 1.54) is 0 Å². The van der Waals surface area contributed by atoms with Gasteiger partial charge in [-0.25, -0.2) is 9.97 Å². The van der Waals surface area contributed by atoms with Crippen molar-refractivity contribution < 1.29 is 9.84 Å². The van der Waals surface area contributed by atoms with E-state index in [9.17, 15) is 5.11 Å². The van der Waals surface area contributed by atoms with E-state index < -0.39 is 0 Å². The molecule has 2 aromatic rings. The van der Waals surface area contributed by atoms with Gasteiger partial charge in [0.2, 0.25) is 0 Å². The summed E-state index contributed by atoms with van der Waals surface area (Å²) in [6.45, 7) is 0.379. The second kappa shape index (κ2) is 5.99. The van der Waals surface area contributed by atoms with Crippen LogP contribution in [-0.2, 0) is 11.3 Å². The van der Waals surface area contributed by atoms with Crippen LogP contribution in [0.1, 0.15) is 5.69 Å². The summed E-state index contributed by atoms with van der Waals surface area (Å²) in [4.78, 5) is 8.86.